The van der Waals surface area contributed by atoms with Crippen molar-refractivity contribution < 1.29 is 19.1 Å². The predicted octanol–water partition coefficient (Wildman–Crippen LogP) is 0.416. The highest BCUT2D eigenvalue weighted by Crippen LogP contribution is 2.34. The van der Waals surface area contributed by atoms with Crippen molar-refractivity contribution in [2.24, 2.45) is 11.8 Å². The molecule has 30 heavy (non-hydrogen) atoms. The molecule has 1 aromatic rings. The summed E-state index contributed by atoms with van der Waals surface area (Å²) in [6.07, 6.45) is 2.50. The quantitative estimate of drug-likeness (QED) is 0.741. The zero-order valence-corrected chi connectivity index (χ0v) is 17.7. The van der Waals surface area contributed by atoms with Crippen LogP contribution in [0.4, 0.5) is 5.95 Å². The van der Waals surface area contributed by atoms with E-state index in [1.807, 2.05) is 24.8 Å². The third kappa shape index (κ3) is 4.57. The summed E-state index contributed by atoms with van der Waals surface area (Å²) in [6, 6.07) is 1.91. The van der Waals surface area contributed by atoms with E-state index in [0.717, 1.165) is 25.2 Å². The van der Waals surface area contributed by atoms with E-state index in [-0.39, 0.29) is 35.6 Å². The Labute approximate surface area is 177 Å². The molecular formula is C21H31N5O4. The molecule has 4 rings (SSSR count). The number of hydrogen-bond acceptors (Lipinski definition) is 7. The van der Waals surface area contributed by atoms with Crippen molar-refractivity contribution in [2.75, 3.05) is 57.5 Å². The first kappa shape index (κ1) is 21.0. The molecule has 9 heteroatoms. The fourth-order valence-electron chi connectivity index (χ4n) is 4.41. The molecule has 0 bridgehead atoms. The van der Waals surface area contributed by atoms with E-state index < -0.39 is 0 Å². The topological polar surface area (TPSA) is 96.9 Å². The van der Waals surface area contributed by atoms with E-state index in [2.05, 4.69) is 15.2 Å². The van der Waals surface area contributed by atoms with Gasteiger partial charge in [-0.25, -0.2) is 9.97 Å². The normalized spacial score (nSPS) is 27.0. The lowest BCUT2D eigenvalue weighted by atomic mass is 9.91. The van der Waals surface area contributed by atoms with E-state index in [9.17, 15) is 9.59 Å². The standard InChI is InChI=1S/C21H31N5O4/c1-14(2)23-19(27)17-12-26(20(28)15-4-8-30-13-15)11-16(17)18-3-5-22-21(24-18)25-6-9-29-10-7-25/h3,5,14-17H,4,6-13H2,1-2H3,(H,23,27)/t15?,16-,17-/m0/s1. The molecule has 0 aromatic carbocycles. The lowest BCUT2D eigenvalue weighted by molar-refractivity contribution is -0.134. The molecule has 3 fully saturated rings. The molecule has 3 aliphatic heterocycles. The van der Waals surface area contributed by atoms with Gasteiger partial charge in [-0.15, -0.1) is 0 Å². The van der Waals surface area contributed by atoms with Gasteiger partial charge in [-0.3, -0.25) is 9.59 Å². The first-order valence-electron chi connectivity index (χ1n) is 10.9. The van der Waals surface area contributed by atoms with Crippen LogP contribution in [0.15, 0.2) is 12.3 Å². The smallest absolute Gasteiger partial charge is 0.228 e. The number of ether oxygens (including phenoxy) is 2. The number of rotatable bonds is 5. The number of likely N-dealkylation sites (tertiary alicyclic amines) is 1. The highest BCUT2D eigenvalue weighted by molar-refractivity contribution is 5.84. The molecule has 3 saturated heterocycles. The van der Waals surface area contributed by atoms with Crippen molar-refractivity contribution in [1.29, 1.82) is 0 Å². The van der Waals surface area contributed by atoms with Crippen molar-refractivity contribution >= 4 is 17.8 Å². The van der Waals surface area contributed by atoms with E-state index in [0.29, 0.717) is 45.5 Å². The van der Waals surface area contributed by atoms with Gasteiger partial charge in [-0.05, 0) is 26.3 Å². The van der Waals surface area contributed by atoms with Gasteiger partial charge in [0.05, 0.1) is 37.4 Å². The first-order chi connectivity index (χ1) is 14.5. The second-order valence-corrected chi connectivity index (χ2v) is 8.56. The fraction of sp³-hybridized carbons (Fsp3) is 0.714. The number of anilines is 1. The lowest BCUT2D eigenvalue weighted by Crippen LogP contribution is -2.40. The van der Waals surface area contributed by atoms with Crippen LogP contribution in [0.2, 0.25) is 0 Å². The maximum Gasteiger partial charge on any atom is 0.228 e. The number of carbonyl (C=O) groups excluding carboxylic acids is 2. The molecule has 1 aromatic heterocycles. The van der Waals surface area contributed by atoms with Crippen LogP contribution in [0.1, 0.15) is 31.9 Å². The Morgan fingerprint density at radius 2 is 1.97 bits per heavy atom. The zero-order valence-electron chi connectivity index (χ0n) is 17.7. The van der Waals surface area contributed by atoms with Crippen LogP contribution in [0, 0.1) is 11.8 Å². The monoisotopic (exact) mass is 417 g/mol. The number of morpholine rings is 1. The van der Waals surface area contributed by atoms with Crippen molar-refractivity contribution in [3.05, 3.63) is 18.0 Å². The average molecular weight is 418 g/mol. The summed E-state index contributed by atoms with van der Waals surface area (Å²) in [4.78, 5) is 39.1. The van der Waals surface area contributed by atoms with Gasteiger partial charge >= 0.3 is 0 Å². The van der Waals surface area contributed by atoms with Gasteiger partial charge in [0.2, 0.25) is 17.8 Å². The molecule has 0 aliphatic carbocycles. The molecule has 3 atom stereocenters. The minimum atomic E-state index is -0.328. The Morgan fingerprint density at radius 1 is 1.17 bits per heavy atom. The molecular weight excluding hydrogens is 386 g/mol. The summed E-state index contributed by atoms with van der Waals surface area (Å²) in [7, 11) is 0. The third-order valence-electron chi connectivity index (χ3n) is 6.02. The Bertz CT molecular complexity index is 762. The van der Waals surface area contributed by atoms with E-state index in [4.69, 9.17) is 14.5 Å². The number of nitrogens with zero attached hydrogens (tertiary/aromatic N) is 4. The predicted molar refractivity (Wildman–Crippen MR) is 110 cm³/mol. The van der Waals surface area contributed by atoms with Gasteiger partial charge in [0.25, 0.3) is 0 Å². The highest BCUT2D eigenvalue weighted by Gasteiger charge is 2.43. The molecule has 2 amide bonds. The Hall–Kier alpha value is -2.26. The van der Waals surface area contributed by atoms with Crippen LogP contribution in [-0.4, -0.2) is 85.3 Å². The number of nitrogens with one attached hydrogen (secondary N) is 1. The fourth-order valence-corrected chi connectivity index (χ4v) is 4.41. The maximum atomic E-state index is 13.0. The van der Waals surface area contributed by atoms with Crippen LogP contribution in [0.25, 0.3) is 0 Å². The van der Waals surface area contributed by atoms with Crippen molar-refractivity contribution in [2.45, 2.75) is 32.2 Å². The number of aromatic nitrogens is 2. The maximum absolute atomic E-state index is 13.0. The average Bonchev–Trinajstić information content (AvgIpc) is 3.44. The molecule has 0 spiro atoms. The Balaban J connectivity index is 1.56. The highest BCUT2D eigenvalue weighted by atomic mass is 16.5. The molecule has 164 valence electrons. The molecule has 9 nitrogen and oxygen atoms in total. The van der Waals surface area contributed by atoms with Gasteiger partial charge in [0, 0.05) is 50.9 Å². The summed E-state index contributed by atoms with van der Waals surface area (Å²) >= 11 is 0. The molecule has 0 saturated carbocycles. The lowest BCUT2D eigenvalue weighted by Gasteiger charge is -2.27. The summed E-state index contributed by atoms with van der Waals surface area (Å²) in [6.45, 7) is 8.70. The van der Waals surface area contributed by atoms with E-state index >= 15 is 0 Å². The van der Waals surface area contributed by atoms with Gasteiger partial charge in [-0.2, -0.15) is 0 Å². The molecule has 1 N–H and O–H groups in total. The molecule has 3 aliphatic rings. The largest absolute Gasteiger partial charge is 0.381 e. The van der Waals surface area contributed by atoms with Crippen molar-refractivity contribution in [3.63, 3.8) is 0 Å². The van der Waals surface area contributed by atoms with Crippen molar-refractivity contribution in [3.8, 4) is 0 Å². The summed E-state index contributed by atoms with van der Waals surface area (Å²) in [5.41, 5.74) is 0.813. The summed E-state index contributed by atoms with van der Waals surface area (Å²) < 4.78 is 10.8. The van der Waals surface area contributed by atoms with E-state index in [1.165, 1.54) is 0 Å². The molecule has 1 unspecified atom stereocenters. The van der Waals surface area contributed by atoms with Gasteiger partial charge in [-0.1, -0.05) is 0 Å². The van der Waals surface area contributed by atoms with E-state index in [1.54, 1.807) is 6.20 Å². The molecule has 4 heterocycles. The molecule has 0 radical (unpaired) electrons. The van der Waals surface area contributed by atoms with Gasteiger partial charge < -0.3 is 24.6 Å². The zero-order chi connectivity index (χ0) is 21.1. The van der Waals surface area contributed by atoms with Gasteiger partial charge in [0.1, 0.15) is 0 Å². The Kier molecular flexibility index (Phi) is 6.48. The third-order valence-corrected chi connectivity index (χ3v) is 6.02. The number of hydrogen-bond donors (Lipinski definition) is 1. The van der Waals surface area contributed by atoms with Gasteiger partial charge in [0.15, 0.2) is 0 Å². The number of carbonyl (C=O) groups is 2. The number of amides is 2. The van der Waals surface area contributed by atoms with Crippen LogP contribution in [-0.2, 0) is 19.1 Å². The second kappa shape index (κ2) is 9.26. The SMILES string of the molecule is CC(C)NC(=O)[C@H]1CN(C(=O)C2CCOC2)C[C@@H]1c1ccnc(N2CCOCC2)n1. The minimum absolute atomic E-state index is 0.0282. The van der Waals surface area contributed by atoms with Crippen LogP contribution >= 0.6 is 0 Å². The first-order valence-corrected chi connectivity index (χ1v) is 10.9. The summed E-state index contributed by atoms with van der Waals surface area (Å²) in [5.74, 6) is 0.128. The van der Waals surface area contributed by atoms with Crippen LogP contribution in [0.3, 0.4) is 0 Å². The minimum Gasteiger partial charge on any atom is -0.381 e. The Morgan fingerprint density at radius 3 is 2.67 bits per heavy atom. The van der Waals surface area contributed by atoms with Crippen LogP contribution in [0.5, 0.6) is 0 Å². The van der Waals surface area contributed by atoms with Crippen LogP contribution < -0.4 is 10.2 Å². The summed E-state index contributed by atoms with van der Waals surface area (Å²) in [5, 5.41) is 3.02. The second-order valence-electron chi connectivity index (χ2n) is 8.56. The van der Waals surface area contributed by atoms with Crippen molar-refractivity contribution in [1.82, 2.24) is 20.2 Å².